The highest BCUT2D eigenvalue weighted by Gasteiger charge is 2.67. The molecule has 4 fully saturated rings. The summed E-state index contributed by atoms with van der Waals surface area (Å²) >= 11 is 0. The van der Waals surface area contributed by atoms with E-state index in [0.717, 1.165) is 50.7 Å². The third-order valence-electron chi connectivity index (χ3n) is 10.0. The molecule has 1 aromatic rings. The number of benzene rings is 1. The van der Waals surface area contributed by atoms with Crippen molar-refractivity contribution in [3.63, 3.8) is 0 Å². The molecule has 4 aliphatic rings. The fourth-order valence-corrected chi connectivity index (χ4v) is 10.8. The Labute approximate surface area is 201 Å². The first kappa shape index (κ1) is 23.7. The lowest BCUT2D eigenvalue weighted by atomic mass is 9.69. The summed E-state index contributed by atoms with van der Waals surface area (Å²) in [6.07, 6.45) is 14.4. The molecule has 2 bridgehead atoms. The smallest absolute Gasteiger partial charge is 0.215 e. The van der Waals surface area contributed by atoms with Crippen LogP contribution in [-0.2, 0) is 10.0 Å². The average molecular weight is 474 g/mol. The molecule has 33 heavy (non-hydrogen) atoms. The molecule has 5 heteroatoms. The fraction of sp³-hybridized carbons (Fsp3) is 0.786. The third-order valence-corrected chi connectivity index (χ3v) is 12.1. The maximum atomic E-state index is 14.4. The van der Waals surface area contributed by atoms with Crippen LogP contribution in [-0.4, -0.2) is 36.7 Å². The Balaban J connectivity index is 1.46. The van der Waals surface area contributed by atoms with E-state index in [1.807, 2.05) is 30.3 Å². The molecule has 4 nitrogen and oxygen atoms in total. The van der Waals surface area contributed by atoms with E-state index >= 15 is 0 Å². The van der Waals surface area contributed by atoms with Crippen LogP contribution in [0.4, 0.5) is 0 Å². The summed E-state index contributed by atoms with van der Waals surface area (Å²) < 4.78 is 37.5. The van der Waals surface area contributed by atoms with Gasteiger partial charge in [0.2, 0.25) is 10.0 Å². The largest absolute Gasteiger partial charge is 0.490 e. The number of hydrogen-bond acceptors (Lipinski definition) is 3. The first-order valence-corrected chi connectivity index (χ1v) is 15.2. The lowest BCUT2D eigenvalue weighted by molar-refractivity contribution is 0.0308. The predicted octanol–water partition coefficient (Wildman–Crippen LogP) is 6.56. The van der Waals surface area contributed by atoms with Gasteiger partial charge in [-0.05, 0) is 68.4 Å². The molecule has 0 aliphatic heterocycles. The minimum atomic E-state index is -3.39. The molecular formula is C28H43NO3S. The van der Waals surface area contributed by atoms with Crippen molar-refractivity contribution >= 4 is 10.0 Å². The minimum Gasteiger partial charge on any atom is -0.490 e. The summed E-state index contributed by atoms with van der Waals surface area (Å²) in [5, 5.41) is 0. The molecule has 4 saturated carbocycles. The van der Waals surface area contributed by atoms with Gasteiger partial charge < -0.3 is 4.74 Å². The van der Waals surface area contributed by atoms with Crippen molar-refractivity contribution in [3.8, 4) is 5.75 Å². The summed E-state index contributed by atoms with van der Waals surface area (Å²) in [6.45, 7) is 4.64. The second-order valence-corrected chi connectivity index (χ2v) is 13.8. The summed E-state index contributed by atoms with van der Waals surface area (Å²) in [4.78, 5) is 0. The van der Waals surface area contributed by atoms with Gasteiger partial charge >= 0.3 is 0 Å². The maximum Gasteiger partial charge on any atom is 0.215 e. The van der Waals surface area contributed by atoms with Crippen molar-refractivity contribution in [2.45, 2.75) is 116 Å². The first-order chi connectivity index (χ1) is 15.8. The van der Waals surface area contributed by atoms with Crippen LogP contribution in [0.25, 0.3) is 0 Å². The predicted molar refractivity (Wildman–Crippen MR) is 134 cm³/mol. The molecule has 0 spiro atoms. The molecule has 184 valence electrons. The molecule has 0 radical (unpaired) electrons. The molecular weight excluding hydrogens is 430 g/mol. The summed E-state index contributed by atoms with van der Waals surface area (Å²) in [6, 6.07) is 10.5. The number of rotatable bonds is 7. The van der Waals surface area contributed by atoms with Crippen LogP contribution in [0.1, 0.15) is 97.3 Å². The lowest BCUT2D eigenvalue weighted by Crippen LogP contribution is -2.55. The number of sulfonamides is 1. The van der Waals surface area contributed by atoms with Crippen LogP contribution in [0.5, 0.6) is 5.75 Å². The Bertz CT molecular complexity index is 884. The molecule has 3 unspecified atom stereocenters. The van der Waals surface area contributed by atoms with E-state index in [1.54, 1.807) is 0 Å². The second-order valence-electron chi connectivity index (χ2n) is 11.9. The first-order valence-electron chi connectivity index (χ1n) is 13.6. The summed E-state index contributed by atoms with van der Waals surface area (Å²) in [5.74, 6) is 1.67. The summed E-state index contributed by atoms with van der Waals surface area (Å²) in [7, 11) is -3.39. The normalized spacial score (nSPS) is 32.9. The van der Waals surface area contributed by atoms with Gasteiger partial charge in [0, 0.05) is 17.5 Å². The van der Waals surface area contributed by atoms with Crippen molar-refractivity contribution in [1.82, 2.24) is 4.31 Å². The Hall–Kier alpha value is -1.07. The number of nitrogens with zero attached hydrogens (tertiary/aromatic N) is 1. The van der Waals surface area contributed by atoms with Crippen LogP contribution >= 0.6 is 0 Å². The number of ether oxygens (including phenoxy) is 1. The topological polar surface area (TPSA) is 46.6 Å². The zero-order chi connectivity index (χ0) is 23.1. The molecule has 3 atom stereocenters. The van der Waals surface area contributed by atoms with Crippen LogP contribution in [0, 0.1) is 16.7 Å². The van der Waals surface area contributed by atoms with Crippen molar-refractivity contribution in [1.29, 1.82) is 0 Å². The van der Waals surface area contributed by atoms with E-state index in [-0.39, 0.29) is 34.8 Å². The Morgan fingerprint density at radius 3 is 2.00 bits per heavy atom. The van der Waals surface area contributed by atoms with E-state index < -0.39 is 10.0 Å². The van der Waals surface area contributed by atoms with E-state index in [4.69, 9.17) is 4.74 Å². The summed E-state index contributed by atoms with van der Waals surface area (Å²) in [5.41, 5.74) is -0.335. The molecule has 5 rings (SSSR count). The Morgan fingerprint density at radius 2 is 1.45 bits per heavy atom. The van der Waals surface area contributed by atoms with E-state index in [0.29, 0.717) is 5.92 Å². The van der Waals surface area contributed by atoms with E-state index in [9.17, 15) is 8.42 Å². The molecule has 0 N–H and O–H groups in total. The van der Waals surface area contributed by atoms with Crippen molar-refractivity contribution in [2.75, 3.05) is 5.75 Å². The van der Waals surface area contributed by atoms with Crippen molar-refractivity contribution in [2.24, 2.45) is 16.7 Å². The number of hydrogen-bond donors (Lipinski definition) is 0. The van der Waals surface area contributed by atoms with Gasteiger partial charge in [-0.15, -0.1) is 0 Å². The molecule has 4 aliphatic carbocycles. The van der Waals surface area contributed by atoms with Gasteiger partial charge in [-0.25, -0.2) is 8.42 Å². The van der Waals surface area contributed by atoms with Crippen LogP contribution in [0.15, 0.2) is 30.3 Å². The van der Waals surface area contributed by atoms with Crippen LogP contribution in [0.3, 0.4) is 0 Å². The minimum absolute atomic E-state index is 0.0235. The van der Waals surface area contributed by atoms with Gasteiger partial charge in [0.1, 0.15) is 11.9 Å². The van der Waals surface area contributed by atoms with Crippen molar-refractivity contribution in [3.05, 3.63) is 30.3 Å². The van der Waals surface area contributed by atoms with E-state index in [2.05, 4.69) is 18.2 Å². The van der Waals surface area contributed by atoms with Gasteiger partial charge in [0.15, 0.2) is 0 Å². The number of para-hydroxylation sites is 1. The average Bonchev–Trinajstić information content (AvgIpc) is 3.16. The van der Waals surface area contributed by atoms with Crippen molar-refractivity contribution < 1.29 is 13.2 Å². The van der Waals surface area contributed by atoms with Crippen LogP contribution in [0.2, 0.25) is 0 Å². The standard InChI is InChI=1S/C28H43NO3S/c1-27(2)22-18-19-28(27,26(20-22)32-25-16-10-5-11-17-25)21-33(30,31)29(23-12-6-3-7-13-23)24-14-8-4-9-15-24/h5,10-11,16-17,22-24,26H,3-4,6-9,12-15,18-21H2,1-2H3. The molecule has 0 aromatic heterocycles. The molecule has 1 aromatic carbocycles. The highest BCUT2D eigenvalue weighted by atomic mass is 32.2. The lowest BCUT2D eigenvalue weighted by Gasteiger charge is -2.46. The van der Waals surface area contributed by atoms with Gasteiger partial charge in [0.05, 0.1) is 5.75 Å². The monoisotopic (exact) mass is 473 g/mol. The molecule has 0 saturated heterocycles. The molecule has 0 amide bonds. The highest BCUT2D eigenvalue weighted by Crippen LogP contribution is 2.67. The molecule has 0 heterocycles. The van der Waals surface area contributed by atoms with Gasteiger partial charge in [-0.3, -0.25) is 0 Å². The fourth-order valence-electron chi connectivity index (χ4n) is 7.99. The van der Waals surface area contributed by atoms with Gasteiger partial charge in [-0.1, -0.05) is 70.6 Å². The Morgan fingerprint density at radius 1 is 0.879 bits per heavy atom. The maximum absolute atomic E-state index is 14.4. The second kappa shape index (κ2) is 9.18. The number of fused-ring (bicyclic) bond motifs is 2. The zero-order valence-corrected chi connectivity index (χ0v) is 21.5. The third kappa shape index (κ3) is 4.26. The van der Waals surface area contributed by atoms with E-state index in [1.165, 1.54) is 38.5 Å². The SMILES string of the molecule is CC1(C)C2CCC1(CS(=O)(=O)N(C1CCCCC1)C1CCCCC1)C(Oc1ccccc1)C2. The van der Waals surface area contributed by atoms with Crippen LogP contribution < -0.4 is 4.74 Å². The van der Waals surface area contributed by atoms with Gasteiger partial charge in [-0.2, -0.15) is 4.31 Å². The van der Waals surface area contributed by atoms with Gasteiger partial charge in [0.25, 0.3) is 0 Å². The Kier molecular flexibility index (Phi) is 6.58. The quantitative estimate of drug-likeness (QED) is 0.451. The highest BCUT2D eigenvalue weighted by molar-refractivity contribution is 7.89. The zero-order valence-electron chi connectivity index (χ0n) is 20.7.